The molecule has 1 atom stereocenters. The minimum atomic E-state index is -4.50. The molecule has 21 nitrogen and oxygen atoms in total. The van der Waals surface area contributed by atoms with Crippen LogP contribution in [0.25, 0.3) is 11.6 Å². The Morgan fingerprint density at radius 2 is 1.16 bits per heavy atom. The van der Waals surface area contributed by atoms with E-state index in [9.17, 15) is 26.4 Å². The summed E-state index contributed by atoms with van der Waals surface area (Å²) in [6, 6.07) is 17.2. The Labute approximate surface area is 392 Å². The maximum Gasteiger partial charge on any atom is 0.359 e. The second-order valence-corrected chi connectivity index (χ2v) is 20.2. The van der Waals surface area contributed by atoms with Gasteiger partial charge in [-0.2, -0.15) is 16.8 Å². The average Bonchev–Trinajstić information content (AvgIpc) is 4.00. The number of anilines is 3. The first-order valence-electron chi connectivity index (χ1n) is 20.8. The Kier molecular flexibility index (Phi) is 15.1. The van der Waals surface area contributed by atoms with Crippen molar-refractivity contribution in [2.24, 2.45) is 17.8 Å². The summed E-state index contributed by atoms with van der Waals surface area (Å²) < 4.78 is 73.7. The van der Waals surface area contributed by atoms with Gasteiger partial charge in [0.1, 0.15) is 28.2 Å². The van der Waals surface area contributed by atoms with E-state index < -0.39 is 42.2 Å². The van der Waals surface area contributed by atoms with Crippen LogP contribution in [0.2, 0.25) is 5.15 Å². The first-order chi connectivity index (χ1) is 31.5. The lowest BCUT2D eigenvalue weighted by atomic mass is 9.97. The maximum atomic E-state index is 13.2. The molecule has 6 aromatic heterocycles. The van der Waals surface area contributed by atoms with Crippen molar-refractivity contribution in [2.75, 3.05) is 36.1 Å². The van der Waals surface area contributed by atoms with Gasteiger partial charge in [-0.05, 0) is 86.6 Å². The molecule has 4 N–H and O–H groups in total. The maximum absolute atomic E-state index is 13.2. The average molecular weight is 981 g/mol. The number of rotatable bonds is 15. The number of ether oxygens (including phenoxy) is 2. The predicted molar refractivity (Wildman–Crippen MR) is 246 cm³/mol. The van der Waals surface area contributed by atoms with Gasteiger partial charge in [-0.25, -0.2) is 38.9 Å². The highest BCUT2D eigenvalue weighted by molar-refractivity contribution is 7.87. The molecule has 0 saturated carbocycles. The Morgan fingerprint density at radius 1 is 0.701 bits per heavy atom. The molecule has 7 rings (SSSR count). The smallest absolute Gasteiger partial charge is 0.359 e. The van der Waals surface area contributed by atoms with Crippen LogP contribution in [-0.4, -0.2) is 93.6 Å². The molecule has 356 valence electrons. The summed E-state index contributed by atoms with van der Waals surface area (Å²) in [6.45, 7) is 16.0. The van der Waals surface area contributed by atoms with Crippen LogP contribution < -0.4 is 25.8 Å². The third-order valence-corrected chi connectivity index (χ3v) is 12.1. The van der Waals surface area contributed by atoms with Gasteiger partial charge < -0.3 is 34.2 Å². The van der Waals surface area contributed by atoms with Crippen LogP contribution in [0, 0.1) is 17.8 Å². The summed E-state index contributed by atoms with van der Waals surface area (Å²) >= 11 is 6.07. The molecule has 0 amide bonds. The van der Waals surface area contributed by atoms with Gasteiger partial charge in [-0.3, -0.25) is 0 Å². The van der Waals surface area contributed by atoms with Gasteiger partial charge in [0.25, 0.3) is 0 Å². The second kappa shape index (κ2) is 20.3. The number of hydrogen-bond acceptors (Lipinski definition) is 19. The van der Waals surface area contributed by atoms with E-state index in [1.54, 1.807) is 35.3 Å². The Morgan fingerprint density at radius 3 is 1.60 bits per heavy atom. The molecular weight excluding hydrogens is 930 g/mol. The molecule has 24 heteroatoms. The van der Waals surface area contributed by atoms with Crippen LogP contribution >= 0.6 is 11.6 Å². The fourth-order valence-corrected chi connectivity index (χ4v) is 8.54. The normalized spacial score (nSPS) is 14.7. The van der Waals surface area contributed by atoms with Crippen LogP contribution in [0.3, 0.4) is 0 Å². The number of carbonyl (C=O) groups is 2. The first-order valence-corrected chi connectivity index (χ1v) is 24.0. The predicted octanol–water partition coefficient (Wildman–Crippen LogP) is 5.93. The highest BCUT2D eigenvalue weighted by atomic mass is 35.5. The van der Waals surface area contributed by atoms with Crippen molar-refractivity contribution in [3.8, 4) is 23.4 Å². The summed E-state index contributed by atoms with van der Waals surface area (Å²) in [5, 5.41) is 7.45. The molecule has 67 heavy (non-hydrogen) atoms. The van der Waals surface area contributed by atoms with Gasteiger partial charge in [0.05, 0.1) is 18.8 Å². The van der Waals surface area contributed by atoms with Crippen molar-refractivity contribution in [1.82, 2.24) is 39.5 Å². The third kappa shape index (κ3) is 12.5. The number of halogens is 1. The molecule has 0 bridgehead atoms. The van der Waals surface area contributed by atoms with E-state index in [0.29, 0.717) is 66.7 Å². The summed E-state index contributed by atoms with van der Waals surface area (Å²) in [6.07, 6.45) is 4.20. The molecule has 0 radical (unpaired) electrons. The van der Waals surface area contributed by atoms with Crippen molar-refractivity contribution >= 4 is 61.2 Å². The lowest BCUT2D eigenvalue weighted by molar-refractivity contribution is 0.0734. The van der Waals surface area contributed by atoms with E-state index in [4.69, 9.17) is 41.7 Å². The fraction of sp³-hybridized carbons (Fsp3) is 0.349. The molecule has 7 heterocycles. The van der Waals surface area contributed by atoms with E-state index >= 15 is 0 Å². The SMILES string of the molecule is CC(C)COc1ccn(-c2ccc(C(=O)OS(=O)(=O)c3cccc(N)n3)c(Cl)n2)n1.CC(C)COc1ccn(-c2ccc(C(=O)OS(=O)(=O)c3cccc(N)n3)c(N3C[C@@H](C)CC3(C)C)n2)n1. The molecule has 0 spiro atoms. The van der Waals surface area contributed by atoms with E-state index in [2.05, 4.69) is 50.1 Å². The number of carbonyl (C=O) groups excluding carboxylic acids is 2. The summed E-state index contributed by atoms with van der Waals surface area (Å²) in [5.74, 6) is 0.642. The Balaban J connectivity index is 0.000000226. The molecule has 6 aromatic rings. The van der Waals surface area contributed by atoms with E-state index in [0.717, 1.165) is 12.5 Å². The number of nitrogens with zero attached hydrogens (tertiary/aromatic N) is 9. The highest BCUT2D eigenvalue weighted by Gasteiger charge is 2.40. The number of nitrogen functional groups attached to an aromatic ring is 2. The summed E-state index contributed by atoms with van der Waals surface area (Å²) in [5.41, 5.74) is 10.5. The van der Waals surface area contributed by atoms with E-state index in [1.807, 2.05) is 32.6 Å². The van der Waals surface area contributed by atoms with Gasteiger partial charge in [-0.15, -0.1) is 10.2 Å². The molecule has 1 saturated heterocycles. The minimum Gasteiger partial charge on any atom is -0.476 e. The lowest BCUT2D eigenvalue weighted by Gasteiger charge is -2.33. The zero-order chi connectivity index (χ0) is 48.8. The van der Waals surface area contributed by atoms with Crippen LogP contribution in [0.1, 0.15) is 75.6 Å². The third-order valence-electron chi connectivity index (χ3n) is 9.56. The van der Waals surface area contributed by atoms with Crippen molar-refractivity contribution < 1.29 is 44.3 Å². The number of aromatic nitrogens is 8. The van der Waals surface area contributed by atoms with Gasteiger partial charge in [-0.1, -0.05) is 58.4 Å². The number of pyridine rings is 4. The molecular formula is C43H50ClN11O10S2. The van der Waals surface area contributed by atoms with Crippen LogP contribution in [0.15, 0.2) is 95.2 Å². The molecule has 1 aliphatic heterocycles. The van der Waals surface area contributed by atoms with Crippen molar-refractivity contribution in [3.63, 3.8) is 0 Å². The van der Waals surface area contributed by atoms with Gasteiger partial charge in [0, 0.05) is 36.6 Å². The molecule has 0 aliphatic carbocycles. The lowest BCUT2D eigenvalue weighted by Crippen LogP contribution is -2.40. The van der Waals surface area contributed by atoms with E-state index in [-0.39, 0.29) is 33.5 Å². The van der Waals surface area contributed by atoms with Crippen LogP contribution in [0.5, 0.6) is 11.8 Å². The molecule has 0 aromatic carbocycles. The van der Waals surface area contributed by atoms with E-state index in [1.165, 1.54) is 53.2 Å². The molecule has 1 aliphatic rings. The van der Waals surface area contributed by atoms with Crippen molar-refractivity contribution in [2.45, 2.75) is 70.5 Å². The number of hydrogen-bond donors (Lipinski definition) is 2. The fourth-order valence-electron chi connectivity index (χ4n) is 6.64. The molecule has 1 fully saturated rings. The molecule has 0 unspecified atom stereocenters. The Bertz CT molecular complexity index is 2980. The van der Waals surface area contributed by atoms with Gasteiger partial charge in [0.2, 0.25) is 11.8 Å². The van der Waals surface area contributed by atoms with Crippen LogP contribution in [-0.2, 0) is 28.6 Å². The topological polar surface area (TPSA) is 282 Å². The van der Waals surface area contributed by atoms with Crippen LogP contribution in [0.4, 0.5) is 17.5 Å². The highest BCUT2D eigenvalue weighted by Crippen LogP contribution is 2.38. The summed E-state index contributed by atoms with van der Waals surface area (Å²) in [7, 11) is -8.98. The van der Waals surface area contributed by atoms with Gasteiger partial charge in [0.15, 0.2) is 21.7 Å². The largest absolute Gasteiger partial charge is 0.476 e. The second-order valence-electron chi connectivity index (χ2n) is 16.8. The minimum absolute atomic E-state index is 0.00685. The van der Waals surface area contributed by atoms with Crippen molar-refractivity contribution in [3.05, 3.63) is 101 Å². The standard InChI is InChI=1S/C25H32N6O5S.C18H18ClN5O5S/c1-16(2)15-35-21-11-12-31(29-21)20-10-9-18(23(28-20)30-14-17(3)13-25(30,4)5)24(32)36-37(33,34)22-8-6-7-19(26)27-22;1-11(2)10-28-15-8-9-24(23-15)14-7-6-12(17(19)22-14)18(25)29-30(26,27)16-5-3-4-13(20)21-16/h6-12,16-17H,13-15H2,1-5H3,(H2,26,27);3-9,11H,10H2,1-2H3,(H2,20,21)/t17-;/m0./s1. The monoisotopic (exact) mass is 979 g/mol. The first kappa shape index (κ1) is 49.6. The quantitative estimate of drug-likeness (QED) is 0.0891. The van der Waals surface area contributed by atoms with Gasteiger partial charge >= 0.3 is 32.2 Å². The van der Waals surface area contributed by atoms with Crippen molar-refractivity contribution in [1.29, 1.82) is 0 Å². The zero-order valence-electron chi connectivity index (χ0n) is 37.6. The Hall–Kier alpha value is -6.85. The zero-order valence-corrected chi connectivity index (χ0v) is 40.0. The summed E-state index contributed by atoms with van der Waals surface area (Å²) in [4.78, 5) is 43.8. The number of nitrogens with two attached hydrogens (primary N) is 2.